The molecule has 0 bridgehead atoms. The highest BCUT2D eigenvalue weighted by Crippen LogP contribution is 2.27. The minimum absolute atomic E-state index is 0.488. The fraction of sp³-hybridized carbons (Fsp3) is 0.600. The molecule has 0 aliphatic carbocycles. The quantitative estimate of drug-likeness (QED) is 0.899. The van der Waals surface area contributed by atoms with Crippen LogP contribution in [0.4, 0.5) is 0 Å². The van der Waals surface area contributed by atoms with Crippen molar-refractivity contribution in [2.24, 2.45) is 5.92 Å². The minimum atomic E-state index is 0.488. The molecule has 0 amide bonds. The van der Waals surface area contributed by atoms with E-state index in [1.165, 1.54) is 31.5 Å². The molecule has 2 nitrogen and oxygen atoms in total. The highest BCUT2D eigenvalue weighted by atomic mass is 35.5. The Hall–Kier alpha value is -0.570. The SMILES string of the molecule is CNCC1CCCN(C(C)c2ccc(Cl)cc2)C1. The molecule has 1 aromatic carbocycles. The maximum atomic E-state index is 5.94. The molecule has 0 radical (unpaired) electrons. The van der Waals surface area contributed by atoms with Crippen molar-refractivity contribution in [3.8, 4) is 0 Å². The molecule has 1 fully saturated rings. The van der Waals surface area contributed by atoms with Gasteiger partial charge in [-0.1, -0.05) is 23.7 Å². The van der Waals surface area contributed by atoms with Gasteiger partial charge in [-0.3, -0.25) is 4.90 Å². The number of hydrogen-bond donors (Lipinski definition) is 1. The first kappa shape index (κ1) is 13.9. The average Bonchev–Trinajstić information content (AvgIpc) is 2.39. The van der Waals surface area contributed by atoms with Crippen LogP contribution in [0.3, 0.4) is 0 Å². The van der Waals surface area contributed by atoms with E-state index in [1.807, 2.05) is 19.2 Å². The molecular formula is C15H23ClN2. The van der Waals surface area contributed by atoms with Crippen LogP contribution >= 0.6 is 11.6 Å². The van der Waals surface area contributed by atoms with E-state index in [0.29, 0.717) is 6.04 Å². The van der Waals surface area contributed by atoms with E-state index in [2.05, 4.69) is 29.3 Å². The van der Waals surface area contributed by atoms with Gasteiger partial charge in [0.2, 0.25) is 0 Å². The molecule has 1 aromatic rings. The molecule has 3 heteroatoms. The molecule has 1 N–H and O–H groups in total. The molecule has 1 aliphatic rings. The van der Waals surface area contributed by atoms with Crippen LogP contribution in [0.25, 0.3) is 0 Å². The monoisotopic (exact) mass is 266 g/mol. The zero-order valence-corrected chi connectivity index (χ0v) is 12.1. The first-order valence-electron chi connectivity index (χ1n) is 6.85. The van der Waals surface area contributed by atoms with Crippen LogP contribution < -0.4 is 5.32 Å². The standard InChI is InChI=1S/C15H23ClN2/c1-12(14-5-7-15(16)8-6-14)18-9-3-4-13(11-18)10-17-2/h5-8,12-13,17H,3-4,9-11H2,1-2H3. The fourth-order valence-electron chi connectivity index (χ4n) is 2.86. The van der Waals surface area contributed by atoms with Crippen molar-refractivity contribution in [1.82, 2.24) is 10.2 Å². The van der Waals surface area contributed by atoms with Crippen molar-refractivity contribution in [3.63, 3.8) is 0 Å². The molecule has 2 rings (SSSR count). The average molecular weight is 267 g/mol. The van der Waals surface area contributed by atoms with Crippen LogP contribution in [-0.4, -0.2) is 31.6 Å². The summed E-state index contributed by atoms with van der Waals surface area (Å²) in [5.41, 5.74) is 1.37. The molecular weight excluding hydrogens is 244 g/mol. The second-order valence-electron chi connectivity index (χ2n) is 5.29. The summed E-state index contributed by atoms with van der Waals surface area (Å²) in [7, 11) is 2.04. The van der Waals surface area contributed by atoms with Crippen molar-refractivity contribution >= 4 is 11.6 Å². The number of rotatable bonds is 4. The lowest BCUT2D eigenvalue weighted by atomic mass is 9.95. The predicted octanol–water partition coefficient (Wildman–Crippen LogP) is 3.33. The summed E-state index contributed by atoms with van der Waals surface area (Å²) in [5.74, 6) is 0.790. The van der Waals surface area contributed by atoms with E-state index in [4.69, 9.17) is 11.6 Å². The van der Waals surface area contributed by atoms with E-state index in [9.17, 15) is 0 Å². The van der Waals surface area contributed by atoms with E-state index < -0.39 is 0 Å². The Labute approximate surface area is 115 Å². The van der Waals surface area contributed by atoms with Crippen LogP contribution in [0, 0.1) is 5.92 Å². The Balaban J connectivity index is 1.99. The summed E-state index contributed by atoms with van der Waals surface area (Å²) in [5, 5.41) is 4.12. The van der Waals surface area contributed by atoms with Gasteiger partial charge in [0, 0.05) is 17.6 Å². The third-order valence-corrected chi connectivity index (χ3v) is 4.20. The van der Waals surface area contributed by atoms with Gasteiger partial charge in [-0.25, -0.2) is 0 Å². The highest BCUT2D eigenvalue weighted by molar-refractivity contribution is 6.30. The second kappa shape index (κ2) is 6.55. The van der Waals surface area contributed by atoms with Gasteiger partial charge >= 0.3 is 0 Å². The molecule has 0 saturated carbocycles. The Kier molecular flexibility index (Phi) is 5.04. The largest absolute Gasteiger partial charge is 0.319 e. The van der Waals surface area contributed by atoms with Gasteiger partial charge in [-0.05, 0) is 63.5 Å². The van der Waals surface area contributed by atoms with Gasteiger partial charge in [-0.15, -0.1) is 0 Å². The topological polar surface area (TPSA) is 15.3 Å². The predicted molar refractivity (Wildman–Crippen MR) is 78.1 cm³/mol. The van der Waals surface area contributed by atoms with Gasteiger partial charge in [-0.2, -0.15) is 0 Å². The number of halogens is 1. The van der Waals surface area contributed by atoms with E-state index in [-0.39, 0.29) is 0 Å². The second-order valence-corrected chi connectivity index (χ2v) is 5.72. The zero-order valence-electron chi connectivity index (χ0n) is 11.3. The molecule has 1 heterocycles. The normalized spacial score (nSPS) is 22.9. The first-order valence-corrected chi connectivity index (χ1v) is 7.22. The summed E-state index contributed by atoms with van der Waals surface area (Å²) in [6.45, 7) is 5.84. The van der Waals surface area contributed by atoms with Crippen LogP contribution in [-0.2, 0) is 0 Å². The molecule has 2 unspecified atom stereocenters. The van der Waals surface area contributed by atoms with Crippen molar-refractivity contribution in [3.05, 3.63) is 34.9 Å². The van der Waals surface area contributed by atoms with Crippen molar-refractivity contribution in [2.75, 3.05) is 26.7 Å². The number of nitrogens with zero attached hydrogens (tertiary/aromatic N) is 1. The first-order chi connectivity index (χ1) is 8.70. The third-order valence-electron chi connectivity index (χ3n) is 3.94. The number of piperidine rings is 1. The van der Waals surface area contributed by atoms with Crippen LogP contribution in [0.5, 0.6) is 0 Å². The molecule has 0 spiro atoms. The summed E-state index contributed by atoms with van der Waals surface area (Å²) < 4.78 is 0. The minimum Gasteiger partial charge on any atom is -0.319 e. The maximum Gasteiger partial charge on any atom is 0.0406 e. The Bertz CT molecular complexity index is 361. The van der Waals surface area contributed by atoms with Gasteiger partial charge in [0.05, 0.1) is 0 Å². The fourth-order valence-corrected chi connectivity index (χ4v) is 2.98. The van der Waals surface area contributed by atoms with Crippen molar-refractivity contribution in [1.29, 1.82) is 0 Å². The molecule has 100 valence electrons. The number of hydrogen-bond acceptors (Lipinski definition) is 2. The number of benzene rings is 1. The summed E-state index contributed by atoms with van der Waals surface area (Å²) >= 11 is 5.94. The third kappa shape index (κ3) is 3.47. The van der Waals surface area contributed by atoms with Crippen LogP contribution in [0.15, 0.2) is 24.3 Å². The van der Waals surface area contributed by atoms with Gasteiger partial charge in [0.1, 0.15) is 0 Å². The summed E-state index contributed by atoms with van der Waals surface area (Å²) in [6.07, 6.45) is 2.66. The van der Waals surface area contributed by atoms with Crippen LogP contribution in [0.1, 0.15) is 31.4 Å². The highest BCUT2D eigenvalue weighted by Gasteiger charge is 2.23. The van der Waals surface area contributed by atoms with Crippen molar-refractivity contribution < 1.29 is 0 Å². The molecule has 2 atom stereocenters. The Morgan fingerprint density at radius 2 is 2.11 bits per heavy atom. The summed E-state index contributed by atoms with van der Waals surface area (Å²) in [6, 6.07) is 8.76. The maximum absolute atomic E-state index is 5.94. The van der Waals surface area contributed by atoms with Gasteiger partial charge < -0.3 is 5.32 Å². The van der Waals surface area contributed by atoms with Gasteiger partial charge in [0.25, 0.3) is 0 Å². The number of nitrogens with one attached hydrogen (secondary N) is 1. The van der Waals surface area contributed by atoms with Crippen molar-refractivity contribution in [2.45, 2.75) is 25.8 Å². The Morgan fingerprint density at radius 1 is 1.39 bits per heavy atom. The summed E-state index contributed by atoms with van der Waals surface area (Å²) in [4.78, 5) is 2.59. The van der Waals surface area contributed by atoms with E-state index in [0.717, 1.165) is 17.5 Å². The number of likely N-dealkylation sites (tertiary alicyclic amines) is 1. The zero-order chi connectivity index (χ0) is 13.0. The molecule has 1 saturated heterocycles. The van der Waals surface area contributed by atoms with E-state index >= 15 is 0 Å². The van der Waals surface area contributed by atoms with Gasteiger partial charge in [0.15, 0.2) is 0 Å². The lowest BCUT2D eigenvalue weighted by molar-refractivity contribution is 0.131. The van der Waals surface area contributed by atoms with E-state index in [1.54, 1.807) is 0 Å². The molecule has 1 aliphatic heterocycles. The molecule has 0 aromatic heterocycles. The molecule has 18 heavy (non-hydrogen) atoms. The lowest BCUT2D eigenvalue weighted by Crippen LogP contribution is -2.40. The lowest BCUT2D eigenvalue weighted by Gasteiger charge is -2.37. The van der Waals surface area contributed by atoms with Crippen LogP contribution in [0.2, 0.25) is 5.02 Å². The Morgan fingerprint density at radius 3 is 2.78 bits per heavy atom. The smallest absolute Gasteiger partial charge is 0.0406 e.